The van der Waals surface area contributed by atoms with Gasteiger partial charge in [-0.1, -0.05) is 48.0 Å². The summed E-state index contributed by atoms with van der Waals surface area (Å²) in [4.78, 5) is 4.69. The summed E-state index contributed by atoms with van der Waals surface area (Å²) >= 11 is 6.11. The summed E-state index contributed by atoms with van der Waals surface area (Å²) in [6, 6.07) is 27.3. The number of fused-ring (bicyclic) bond motifs is 2. The fraction of sp³-hybridized carbons (Fsp3) is 0.0769. The van der Waals surface area contributed by atoms with Crippen LogP contribution in [-0.4, -0.2) is 4.98 Å². The Morgan fingerprint density at radius 1 is 0.903 bits per heavy atom. The zero-order valence-electron chi connectivity index (χ0n) is 16.5. The third-order valence-corrected chi connectivity index (χ3v) is 5.41. The van der Waals surface area contributed by atoms with E-state index >= 15 is 0 Å². The van der Waals surface area contributed by atoms with Crippen LogP contribution in [0.5, 0.6) is 5.75 Å². The molecule has 5 heteroatoms. The van der Waals surface area contributed by atoms with E-state index in [1.165, 1.54) is 0 Å². The molecular formula is C26H17ClN2O2. The molecular weight excluding hydrogens is 408 g/mol. The molecule has 150 valence electrons. The number of nitriles is 1. The molecule has 3 aromatic carbocycles. The first-order valence-corrected chi connectivity index (χ1v) is 10.2. The topological polar surface area (TPSA) is 59.0 Å². The summed E-state index contributed by atoms with van der Waals surface area (Å²) in [5, 5.41) is 11.6. The zero-order valence-corrected chi connectivity index (χ0v) is 17.3. The van der Waals surface area contributed by atoms with Crippen LogP contribution >= 0.6 is 11.6 Å². The van der Waals surface area contributed by atoms with Crippen molar-refractivity contribution in [2.75, 3.05) is 0 Å². The third-order valence-electron chi connectivity index (χ3n) is 5.18. The van der Waals surface area contributed by atoms with Gasteiger partial charge in [0.1, 0.15) is 23.6 Å². The van der Waals surface area contributed by atoms with Crippen LogP contribution in [0, 0.1) is 11.3 Å². The molecule has 0 saturated carbocycles. The van der Waals surface area contributed by atoms with E-state index in [1.807, 2.05) is 78.9 Å². The fourth-order valence-electron chi connectivity index (χ4n) is 3.58. The number of benzene rings is 3. The Hall–Kier alpha value is -3.81. The Labute approximate surface area is 184 Å². The Kier molecular flexibility index (Phi) is 5.03. The highest BCUT2D eigenvalue weighted by molar-refractivity contribution is 6.31. The first kappa shape index (κ1) is 19.2. The van der Waals surface area contributed by atoms with Crippen molar-refractivity contribution in [2.45, 2.75) is 13.0 Å². The smallest absolute Gasteiger partial charge is 0.153 e. The van der Waals surface area contributed by atoms with E-state index in [0.29, 0.717) is 23.8 Å². The quantitative estimate of drug-likeness (QED) is 0.306. The second kappa shape index (κ2) is 8.14. The Morgan fingerprint density at radius 2 is 1.74 bits per heavy atom. The first-order chi connectivity index (χ1) is 15.2. The maximum absolute atomic E-state index is 9.00. The Balaban J connectivity index is 1.41. The fourth-order valence-corrected chi connectivity index (χ4v) is 3.75. The predicted molar refractivity (Wildman–Crippen MR) is 122 cm³/mol. The largest absolute Gasteiger partial charge is 0.489 e. The molecule has 0 amide bonds. The Morgan fingerprint density at radius 3 is 2.61 bits per heavy atom. The molecule has 0 radical (unpaired) electrons. The van der Waals surface area contributed by atoms with Gasteiger partial charge >= 0.3 is 0 Å². The van der Waals surface area contributed by atoms with E-state index in [4.69, 9.17) is 31.0 Å². The van der Waals surface area contributed by atoms with Gasteiger partial charge in [0.15, 0.2) is 5.76 Å². The molecule has 0 bridgehead atoms. The van der Waals surface area contributed by atoms with Gasteiger partial charge in [-0.3, -0.25) is 0 Å². The van der Waals surface area contributed by atoms with Crippen LogP contribution in [0.1, 0.15) is 11.1 Å². The highest BCUT2D eigenvalue weighted by atomic mass is 35.5. The number of aromatic nitrogens is 1. The van der Waals surface area contributed by atoms with Gasteiger partial charge in [-0.25, -0.2) is 4.98 Å². The standard InChI is InChI=1S/C26H17ClN2O2/c27-21-7-5-18-6-9-23(29-24(18)15-21)26-14-20-13-22(8-10-25(20)31-26)30-16-19-4-2-1-3-17(19)11-12-28/h1-10,13-15H,11,16H2. The molecule has 0 fully saturated rings. The van der Waals surface area contributed by atoms with Crippen molar-refractivity contribution >= 4 is 33.5 Å². The molecule has 31 heavy (non-hydrogen) atoms. The molecule has 5 rings (SSSR count). The van der Waals surface area contributed by atoms with E-state index in [-0.39, 0.29) is 0 Å². The van der Waals surface area contributed by atoms with Crippen molar-refractivity contribution < 1.29 is 9.15 Å². The molecule has 4 nitrogen and oxygen atoms in total. The number of hydrogen-bond acceptors (Lipinski definition) is 4. The molecule has 0 aliphatic rings. The van der Waals surface area contributed by atoms with Crippen LogP contribution in [0.4, 0.5) is 0 Å². The third kappa shape index (κ3) is 3.96. The van der Waals surface area contributed by atoms with Gasteiger partial charge < -0.3 is 9.15 Å². The lowest BCUT2D eigenvalue weighted by atomic mass is 10.1. The lowest BCUT2D eigenvalue weighted by molar-refractivity contribution is 0.305. The van der Waals surface area contributed by atoms with E-state index in [2.05, 4.69) is 6.07 Å². The van der Waals surface area contributed by atoms with Gasteiger partial charge in [0.2, 0.25) is 0 Å². The Bertz CT molecular complexity index is 1450. The normalized spacial score (nSPS) is 11.0. The average molecular weight is 425 g/mol. The van der Waals surface area contributed by atoms with Crippen molar-refractivity contribution in [1.82, 2.24) is 4.98 Å². The van der Waals surface area contributed by atoms with Crippen LogP contribution in [0.15, 0.2) is 83.3 Å². The highest BCUT2D eigenvalue weighted by Crippen LogP contribution is 2.31. The molecule has 2 heterocycles. The number of rotatable bonds is 5. The van der Waals surface area contributed by atoms with Crippen LogP contribution in [0.2, 0.25) is 5.02 Å². The molecule has 0 saturated heterocycles. The second-order valence-electron chi connectivity index (χ2n) is 7.24. The highest BCUT2D eigenvalue weighted by Gasteiger charge is 2.10. The van der Waals surface area contributed by atoms with Gasteiger partial charge in [0.05, 0.1) is 18.0 Å². The van der Waals surface area contributed by atoms with Crippen LogP contribution in [0.25, 0.3) is 33.3 Å². The van der Waals surface area contributed by atoms with Crippen molar-refractivity contribution in [2.24, 2.45) is 0 Å². The summed E-state index contributed by atoms with van der Waals surface area (Å²) in [6.45, 7) is 0.404. The molecule has 0 atom stereocenters. The average Bonchev–Trinajstić information content (AvgIpc) is 3.22. The van der Waals surface area contributed by atoms with E-state index in [0.717, 1.165) is 44.4 Å². The molecule has 0 spiro atoms. The summed E-state index contributed by atoms with van der Waals surface area (Å²) in [6.07, 6.45) is 0.369. The molecule has 0 aliphatic carbocycles. The number of ether oxygens (including phenoxy) is 1. The maximum atomic E-state index is 9.00. The van der Waals surface area contributed by atoms with Gasteiger partial charge in [-0.05, 0) is 53.6 Å². The summed E-state index contributed by atoms with van der Waals surface area (Å²) in [7, 11) is 0. The van der Waals surface area contributed by atoms with Crippen LogP contribution in [-0.2, 0) is 13.0 Å². The van der Waals surface area contributed by atoms with Crippen LogP contribution in [0.3, 0.4) is 0 Å². The van der Waals surface area contributed by atoms with Gasteiger partial charge in [-0.15, -0.1) is 0 Å². The maximum Gasteiger partial charge on any atom is 0.153 e. The lowest BCUT2D eigenvalue weighted by Gasteiger charge is -2.09. The number of furan rings is 1. The summed E-state index contributed by atoms with van der Waals surface area (Å²) in [5.74, 6) is 1.43. The van der Waals surface area contributed by atoms with Crippen molar-refractivity contribution in [3.63, 3.8) is 0 Å². The van der Waals surface area contributed by atoms with E-state index < -0.39 is 0 Å². The van der Waals surface area contributed by atoms with Gasteiger partial charge in [-0.2, -0.15) is 5.26 Å². The zero-order chi connectivity index (χ0) is 21.2. The molecule has 5 aromatic rings. The van der Waals surface area contributed by atoms with Gasteiger partial charge in [0.25, 0.3) is 0 Å². The van der Waals surface area contributed by atoms with Crippen molar-refractivity contribution in [3.8, 4) is 23.3 Å². The first-order valence-electron chi connectivity index (χ1n) is 9.86. The molecule has 0 unspecified atom stereocenters. The monoisotopic (exact) mass is 424 g/mol. The SMILES string of the molecule is N#CCc1ccccc1COc1ccc2oc(-c3ccc4ccc(Cl)cc4n3)cc2c1. The number of hydrogen-bond donors (Lipinski definition) is 0. The lowest BCUT2D eigenvalue weighted by Crippen LogP contribution is -1.99. The minimum Gasteiger partial charge on any atom is -0.489 e. The number of nitrogens with zero attached hydrogens (tertiary/aromatic N) is 2. The summed E-state index contributed by atoms with van der Waals surface area (Å²) in [5.41, 5.74) is 4.33. The predicted octanol–water partition coefficient (Wildman–Crippen LogP) is 6.95. The van der Waals surface area contributed by atoms with Crippen molar-refractivity contribution in [1.29, 1.82) is 5.26 Å². The minimum absolute atomic E-state index is 0.369. The minimum atomic E-state index is 0.369. The second-order valence-corrected chi connectivity index (χ2v) is 7.67. The number of halogens is 1. The van der Waals surface area contributed by atoms with E-state index in [1.54, 1.807) is 0 Å². The molecule has 0 N–H and O–H groups in total. The van der Waals surface area contributed by atoms with Gasteiger partial charge in [0, 0.05) is 15.8 Å². The van der Waals surface area contributed by atoms with E-state index in [9.17, 15) is 0 Å². The van der Waals surface area contributed by atoms with Crippen LogP contribution < -0.4 is 4.74 Å². The number of pyridine rings is 1. The molecule has 0 aliphatic heterocycles. The molecule has 2 aromatic heterocycles. The van der Waals surface area contributed by atoms with Crippen molar-refractivity contribution in [3.05, 3.63) is 95.0 Å². The summed E-state index contributed by atoms with van der Waals surface area (Å²) < 4.78 is 12.0.